The third-order valence-electron chi connectivity index (χ3n) is 5.07. The molecule has 0 aromatic heterocycles. The zero-order chi connectivity index (χ0) is 23.5. The molecule has 33 heavy (non-hydrogen) atoms. The quantitative estimate of drug-likeness (QED) is 0.337. The first-order valence-electron chi connectivity index (χ1n) is 11.0. The summed E-state index contributed by atoms with van der Waals surface area (Å²) >= 11 is 0. The van der Waals surface area contributed by atoms with Crippen LogP contribution in [-0.2, 0) is 9.59 Å². The summed E-state index contributed by atoms with van der Waals surface area (Å²) < 4.78 is 5.39. The highest BCUT2D eigenvalue weighted by atomic mass is 16.5. The van der Waals surface area contributed by atoms with Crippen molar-refractivity contribution in [2.45, 2.75) is 32.6 Å². The average Bonchev–Trinajstić information content (AvgIpc) is 2.84. The lowest BCUT2D eigenvalue weighted by Gasteiger charge is -2.18. The third-order valence-corrected chi connectivity index (χ3v) is 5.07. The van der Waals surface area contributed by atoms with Crippen LogP contribution in [-0.4, -0.2) is 24.1 Å². The van der Waals surface area contributed by atoms with Gasteiger partial charge in [0.25, 0.3) is 0 Å². The van der Waals surface area contributed by atoms with E-state index >= 15 is 0 Å². The molecule has 3 aromatic rings. The number of benzene rings is 3. The van der Waals surface area contributed by atoms with E-state index in [1.165, 1.54) is 0 Å². The van der Waals surface area contributed by atoms with E-state index in [-0.39, 0.29) is 30.6 Å². The molecule has 6 heteroatoms. The molecule has 0 unspecified atom stereocenters. The zero-order valence-corrected chi connectivity index (χ0v) is 19.0. The Labute approximate surface area is 194 Å². The fourth-order valence-electron chi connectivity index (χ4n) is 3.49. The highest BCUT2D eigenvalue weighted by molar-refractivity contribution is 5.94. The predicted octanol–water partition coefficient (Wildman–Crippen LogP) is 5.13. The highest BCUT2D eigenvalue weighted by Gasteiger charge is 2.17. The molecule has 3 rings (SSSR count). The van der Waals surface area contributed by atoms with Crippen molar-refractivity contribution in [3.8, 4) is 5.75 Å². The molecule has 0 radical (unpaired) electrons. The topological polar surface area (TPSA) is 79.8 Å². The van der Waals surface area contributed by atoms with E-state index in [2.05, 4.69) is 15.8 Å². The molecule has 2 N–H and O–H groups in total. The maximum atomic E-state index is 12.3. The van der Waals surface area contributed by atoms with Crippen LogP contribution in [0.25, 0.3) is 0 Å². The number of nitrogens with zero attached hydrogens (tertiary/aromatic N) is 1. The van der Waals surface area contributed by atoms with Crippen LogP contribution in [0.3, 0.4) is 0 Å². The van der Waals surface area contributed by atoms with Crippen molar-refractivity contribution < 1.29 is 14.3 Å². The van der Waals surface area contributed by atoms with Crippen LogP contribution in [0.15, 0.2) is 90.0 Å². The van der Waals surface area contributed by atoms with E-state index in [1.807, 2.05) is 74.5 Å². The van der Waals surface area contributed by atoms with Gasteiger partial charge >= 0.3 is 0 Å². The summed E-state index contributed by atoms with van der Waals surface area (Å²) in [6.07, 6.45) is 0.107. The van der Waals surface area contributed by atoms with Crippen LogP contribution < -0.4 is 15.5 Å². The minimum absolute atomic E-state index is 0.0426. The lowest BCUT2D eigenvalue weighted by atomic mass is 9.88. The second-order valence-corrected chi connectivity index (χ2v) is 7.55. The number of rotatable bonds is 10. The number of ether oxygens (including phenoxy) is 1. The van der Waals surface area contributed by atoms with Crippen LogP contribution in [0, 0.1) is 0 Å². The Morgan fingerprint density at radius 1 is 0.818 bits per heavy atom. The number of hydrogen-bond donors (Lipinski definition) is 2. The first kappa shape index (κ1) is 23.7. The van der Waals surface area contributed by atoms with Gasteiger partial charge in [-0.15, -0.1) is 0 Å². The Balaban J connectivity index is 1.55. The maximum absolute atomic E-state index is 12.3. The van der Waals surface area contributed by atoms with Crippen molar-refractivity contribution in [3.05, 3.63) is 96.1 Å². The van der Waals surface area contributed by atoms with Gasteiger partial charge in [-0.1, -0.05) is 60.7 Å². The molecular weight excluding hydrogens is 414 g/mol. The van der Waals surface area contributed by atoms with E-state index in [0.29, 0.717) is 12.3 Å². The highest BCUT2D eigenvalue weighted by Crippen LogP contribution is 2.26. The molecule has 0 spiro atoms. The summed E-state index contributed by atoms with van der Waals surface area (Å²) in [7, 11) is 0. The van der Waals surface area contributed by atoms with Crippen molar-refractivity contribution in [1.82, 2.24) is 5.43 Å². The minimum atomic E-state index is -0.309. The number of hydrazone groups is 1. The smallest absolute Gasteiger partial charge is 0.240 e. The fourth-order valence-corrected chi connectivity index (χ4v) is 3.49. The molecule has 0 saturated heterocycles. The summed E-state index contributed by atoms with van der Waals surface area (Å²) in [5, 5.41) is 7.12. The maximum Gasteiger partial charge on any atom is 0.240 e. The van der Waals surface area contributed by atoms with Gasteiger partial charge in [0.05, 0.1) is 6.61 Å². The van der Waals surface area contributed by atoms with E-state index < -0.39 is 0 Å². The van der Waals surface area contributed by atoms with Crippen molar-refractivity contribution >= 4 is 23.2 Å². The molecule has 0 fully saturated rings. The lowest BCUT2D eigenvalue weighted by molar-refractivity contribution is -0.124. The van der Waals surface area contributed by atoms with E-state index in [9.17, 15) is 9.59 Å². The lowest BCUT2D eigenvalue weighted by Crippen LogP contribution is -2.23. The van der Waals surface area contributed by atoms with Crippen molar-refractivity contribution in [2.24, 2.45) is 5.10 Å². The van der Waals surface area contributed by atoms with Crippen molar-refractivity contribution in [2.75, 3.05) is 11.9 Å². The molecule has 0 bridgehead atoms. The Bertz CT molecular complexity index is 1030. The minimum Gasteiger partial charge on any atom is -0.494 e. The molecule has 0 saturated carbocycles. The number of carbonyl (C=O) groups is 2. The predicted molar refractivity (Wildman–Crippen MR) is 131 cm³/mol. The number of anilines is 1. The largest absolute Gasteiger partial charge is 0.494 e. The third kappa shape index (κ3) is 7.31. The molecule has 0 atom stereocenters. The van der Waals surface area contributed by atoms with Gasteiger partial charge in [0.2, 0.25) is 11.8 Å². The number of carbonyl (C=O) groups excluding carboxylic acids is 2. The van der Waals surface area contributed by atoms with Gasteiger partial charge in [-0.2, -0.15) is 5.10 Å². The van der Waals surface area contributed by atoms with Gasteiger partial charge < -0.3 is 10.1 Å². The molecule has 3 aromatic carbocycles. The molecule has 170 valence electrons. The van der Waals surface area contributed by atoms with Crippen LogP contribution in [0.1, 0.15) is 43.7 Å². The molecule has 0 heterocycles. The SMILES string of the molecule is CCOc1ccc(NC(=O)CCC(=O)N/N=C(\C)C(c2ccccc2)c2ccccc2)cc1. The van der Waals surface area contributed by atoms with Gasteiger partial charge in [0.1, 0.15) is 5.75 Å². The Morgan fingerprint density at radius 3 is 1.91 bits per heavy atom. The molecule has 2 amide bonds. The molecular formula is C27H29N3O3. The van der Waals surface area contributed by atoms with Crippen molar-refractivity contribution in [1.29, 1.82) is 0 Å². The van der Waals surface area contributed by atoms with E-state index in [0.717, 1.165) is 22.6 Å². The summed E-state index contributed by atoms with van der Waals surface area (Å²) in [5.41, 5.74) is 6.20. The number of hydrogen-bond acceptors (Lipinski definition) is 4. The van der Waals surface area contributed by atoms with E-state index in [4.69, 9.17) is 4.74 Å². The summed E-state index contributed by atoms with van der Waals surface area (Å²) in [5.74, 6) is 0.126. The number of nitrogens with one attached hydrogen (secondary N) is 2. The summed E-state index contributed by atoms with van der Waals surface area (Å²) in [6.45, 7) is 4.39. The monoisotopic (exact) mass is 443 g/mol. The number of amides is 2. The second-order valence-electron chi connectivity index (χ2n) is 7.55. The zero-order valence-electron chi connectivity index (χ0n) is 19.0. The van der Waals surface area contributed by atoms with Gasteiger partial charge in [-0.3, -0.25) is 9.59 Å². The first-order valence-corrected chi connectivity index (χ1v) is 11.0. The standard InChI is InChI=1S/C27H29N3O3/c1-3-33-24-16-14-23(15-17-24)28-25(31)18-19-26(32)30-29-20(2)27(21-10-6-4-7-11-21)22-12-8-5-9-13-22/h4-17,27H,3,18-19H2,1-2H3,(H,28,31)(H,30,32)/b29-20+. The van der Waals surface area contributed by atoms with Crippen molar-refractivity contribution in [3.63, 3.8) is 0 Å². The second kappa shape index (κ2) is 12.2. The van der Waals surface area contributed by atoms with Crippen LogP contribution in [0.4, 0.5) is 5.69 Å². The van der Waals surface area contributed by atoms with Gasteiger partial charge in [-0.05, 0) is 49.2 Å². The first-order chi connectivity index (χ1) is 16.1. The molecule has 0 aliphatic heterocycles. The van der Waals surface area contributed by atoms with Gasteiger partial charge in [0, 0.05) is 30.2 Å². The Morgan fingerprint density at radius 2 is 1.36 bits per heavy atom. The fraction of sp³-hybridized carbons (Fsp3) is 0.222. The van der Waals surface area contributed by atoms with Crippen LogP contribution in [0.2, 0.25) is 0 Å². The molecule has 0 aliphatic rings. The molecule has 6 nitrogen and oxygen atoms in total. The Hall–Kier alpha value is -3.93. The summed E-state index contributed by atoms with van der Waals surface area (Å²) in [6, 6.07) is 27.2. The normalized spacial score (nSPS) is 11.2. The average molecular weight is 444 g/mol. The van der Waals surface area contributed by atoms with Crippen LogP contribution in [0.5, 0.6) is 5.75 Å². The van der Waals surface area contributed by atoms with Gasteiger partial charge in [-0.25, -0.2) is 5.43 Å². The van der Waals surface area contributed by atoms with Crippen LogP contribution >= 0.6 is 0 Å². The van der Waals surface area contributed by atoms with Gasteiger partial charge in [0.15, 0.2) is 0 Å². The molecule has 0 aliphatic carbocycles. The summed E-state index contributed by atoms with van der Waals surface area (Å²) in [4.78, 5) is 24.5. The van der Waals surface area contributed by atoms with E-state index in [1.54, 1.807) is 24.3 Å². The Kier molecular flexibility index (Phi) is 8.77.